The standard InChI is InChI=1S/C18H33N5S/c1-4-16-14-22-17(24-16)9-11-21-18(19-3)20-10-7-13-23-12-6-5-8-15(23)2/h14-15H,4-13H2,1-3H3,(H2,19,20,21). The summed E-state index contributed by atoms with van der Waals surface area (Å²) >= 11 is 1.81. The van der Waals surface area contributed by atoms with Gasteiger partial charge < -0.3 is 15.5 Å². The molecule has 0 saturated carbocycles. The van der Waals surface area contributed by atoms with Crippen LogP contribution in [0.3, 0.4) is 0 Å². The number of thiazole rings is 1. The molecule has 1 aromatic rings. The van der Waals surface area contributed by atoms with Gasteiger partial charge in [-0.3, -0.25) is 4.99 Å². The first-order chi connectivity index (χ1) is 11.7. The Morgan fingerprint density at radius 2 is 2.21 bits per heavy atom. The first kappa shape index (κ1) is 19.2. The molecule has 2 N–H and O–H groups in total. The molecule has 1 saturated heterocycles. The molecular formula is C18H33N5S. The van der Waals surface area contributed by atoms with E-state index in [1.807, 2.05) is 24.6 Å². The molecule has 0 spiro atoms. The molecule has 0 bridgehead atoms. The molecule has 24 heavy (non-hydrogen) atoms. The summed E-state index contributed by atoms with van der Waals surface area (Å²) in [5.74, 6) is 0.897. The normalized spacial score (nSPS) is 19.5. The fourth-order valence-corrected chi connectivity index (χ4v) is 3.98. The summed E-state index contributed by atoms with van der Waals surface area (Å²) in [6, 6.07) is 0.752. The van der Waals surface area contributed by atoms with Gasteiger partial charge in [-0.1, -0.05) is 13.3 Å². The molecule has 1 aliphatic rings. The predicted molar refractivity (Wildman–Crippen MR) is 104 cm³/mol. The quantitative estimate of drug-likeness (QED) is 0.429. The maximum atomic E-state index is 4.46. The predicted octanol–water partition coefficient (Wildman–Crippen LogP) is 2.68. The van der Waals surface area contributed by atoms with Crippen molar-refractivity contribution >= 4 is 17.3 Å². The summed E-state index contributed by atoms with van der Waals surface area (Å²) in [6.45, 7) is 8.83. The van der Waals surface area contributed by atoms with Crippen LogP contribution in [0.5, 0.6) is 0 Å². The Labute approximate surface area is 151 Å². The number of aliphatic imine (C=N–C) groups is 1. The minimum atomic E-state index is 0.752. The van der Waals surface area contributed by atoms with E-state index in [2.05, 4.69) is 39.4 Å². The fraction of sp³-hybridized carbons (Fsp3) is 0.778. The molecule has 6 heteroatoms. The van der Waals surface area contributed by atoms with Crippen molar-refractivity contribution in [3.05, 3.63) is 16.1 Å². The number of aryl methyl sites for hydroxylation is 1. The lowest BCUT2D eigenvalue weighted by molar-refractivity contribution is 0.159. The van der Waals surface area contributed by atoms with E-state index in [9.17, 15) is 0 Å². The van der Waals surface area contributed by atoms with Crippen LogP contribution < -0.4 is 10.6 Å². The third-order valence-electron chi connectivity index (χ3n) is 4.66. The number of guanidine groups is 1. The lowest BCUT2D eigenvalue weighted by Gasteiger charge is -2.33. The molecule has 2 rings (SSSR count). The molecule has 0 radical (unpaired) electrons. The van der Waals surface area contributed by atoms with E-state index >= 15 is 0 Å². The van der Waals surface area contributed by atoms with Gasteiger partial charge in [0.2, 0.25) is 0 Å². The van der Waals surface area contributed by atoms with Crippen molar-refractivity contribution in [2.24, 2.45) is 4.99 Å². The highest BCUT2D eigenvalue weighted by Crippen LogP contribution is 2.16. The number of nitrogens with zero attached hydrogens (tertiary/aromatic N) is 3. The van der Waals surface area contributed by atoms with Gasteiger partial charge in [0.15, 0.2) is 5.96 Å². The van der Waals surface area contributed by atoms with E-state index in [0.717, 1.165) is 44.4 Å². The molecule has 1 unspecified atom stereocenters. The van der Waals surface area contributed by atoms with Crippen LogP contribution in [-0.2, 0) is 12.8 Å². The summed E-state index contributed by atoms with van der Waals surface area (Å²) in [5, 5.41) is 8.01. The number of aromatic nitrogens is 1. The minimum absolute atomic E-state index is 0.752. The molecule has 2 heterocycles. The Morgan fingerprint density at radius 3 is 2.92 bits per heavy atom. The molecule has 5 nitrogen and oxygen atoms in total. The van der Waals surface area contributed by atoms with Crippen molar-refractivity contribution in [3.8, 4) is 0 Å². The fourth-order valence-electron chi connectivity index (χ4n) is 3.11. The number of rotatable bonds is 8. The van der Waals surface area contributed by atoms with Crippen LogP contribution in [0.4, 0.5) is 0 Å². The van der Waals surface area contributed by atoms with Crippen LogP contribution in [0, 0.1) is 0 Å². The van der Waals surface area contributed by atoms with Crippen LogP contribution in [0.2, 0.25) is 0 Å². The monoisotopic (exact) mass is 351 g/mol. The Kier molecular flexibility index (Phi) is 8.53. The highest BCUT2D eigenvalue weighted by atomic mass is 32.1. The average Bonchev–Trinajstić information content (AvgIpc) is 3.06. The van der Waals surface area contributed by atoms with E-state index in [0.29, 0.717) is 0 Å². The average molecular weight is 352 g/mol. The van der Waals surface area contributed by atoms with Gasteiger partial charge in [0, 0.05) is 50.2 Å². The van der Waals surface area contributed by atoms with Crippen LogP contribution in [-0.4, -0.2) is 55.1 Å². The van der Waals surface area contributed by atoms with E-state index in [1.54, 1.807) is 0 Å². The van der Waals surface area contributed by atoms with Crippen LogP contribution in [0.25, 0.3) is 0 Å². The van der Waals surface area contributed by atoms with Crippen molar-refractivity contribution < 1.29 is 0 Å². The topological polar surface area (TPSA) is 52.6 Å². The largest absolute Gasteiger partial charge is 0.356 e. The van der Waals surface area contributed by atoms with E-state index in [1.165, 1.54) is 42.2 Å². The van der Waals surface area contributed by atoms with Gasteiger partial charge in [-0.15, -0.1) is 11.3 Å². The van der Waals surface area contributed by atoms with Crippen LogP contribution >= 0.6 is 11.3 Å². The van der Waals surface area contributed by atoms with Crippen molar-refractivity contribution in [1.29, 1.82) is 0 Å². The number of likely N-dealkylation sites (tertiary alicyclic amines) is 1. The third-order valence-corrected chi connectivity index (χ3v) is 5.86. The molecule has 136 valence electrons. The second-order valence-corrected chi connectivity index (χ2v) is 7.68. The first-order valence-corrected chi connectivity index (χ1v) is 10.2. The van der Waals surface area contributed by atoms with Crippen molar-refractivity contribution in [2.75, 3.05) is 33.2 Å². The zero-order valence-corrected chi connectivity index (χ0v) is 16.3. The smallest absolute Gasteiger partial charge is 0.190 e. The minimum Gasteiger partial charge on any atom is -0.356 e. The Hall–Kier alpha value is -1.14. The maximum Gasteiger partial charge on any atom is 0.190 e. The Balaban J connectivity index is 1.58. The molecule has 0 amide bonds. The first-order valence-electron chi connectivity index (χ1n) is 9.35. The zero-order chi connectivity index (χ0) is 17.2. The Bertz CT molecular complexity index is 499. The number of hydrogen-bond acceptors (Lipinski definition) is 4. The highest BCUT2D eigenvalue weighted by molar-refractivity contribution is 7.11. The maximum absolute atomic E-state index is 4.46. The van der Waals surface area contributed by atoms with E-state index in [4.69, 9.17) is 0 Å². The van der Waals surface area contributed by atoms with Gasteiger partial charge in [0.25, 0.3) is 0 Å². The third kappa shape index (κ3) is 6.40. The molecule has 1 aromatic heterocycles. The van der Waals surface area contributed by atoms with E-state index in [-0.39, 0.29) is 0 Å². The SMILES string of the molecule is CCc1cnc(CCNC(=NC)NCCCN2CCCCC2C)s1. The van der Waals surface area contributed by atoms with Gasteiger partial charge in [0.05, 0.1) is 5.01 Å². The van der Waals surface area contributed by atoms with Gasteiger partial charge in [-0.2, -0.15) is 0 Å². The lowest BCUT2D eigenvalue weighted by Crippen LogP contribution is -2.41. The van der Waals surface area contributed by atoms with Crippen molar-refractivity contribution in [1.82, 2.24) is 20.5 Å². The molecule has 0 aliphatic carbocycles. The summed E-state index contributed by atoms with van der Waals surface area (Å²) in [6.07, 6.45) is 9.29. The Morgan fingerprint density at radius 1 is 1.38 bits per heavy atom. The number of hydrogen-bond donors (Lipinski definition) is 2. The summed E-state index contributed by atoms with van der Waals surface area (Å²) in [7, 11) is 1.83. The lowest BCUT2D eigenvalue weighted by atomic mass is 10.0. The van der Waals surface area contributed by atoms with Crippen molar-refractivity contribution in [3.63, 3.8) is 0 Å². The van der Waals surface area contributed by atoms with Crippen LogP contribution in [0.15, 0.2) is 11.2 Å². The molecule has 1 fully saturated rings. The van der Waals surface area contributed by atoms with Gasteiger partial charge in [-0.25, -0.2) is 4.98 Å². The summed E-state index contributed by atoms with van der Waals surface area (Å²) in [4.78, 5) is 12.7. The van der Waals surface area contributed by atoms with Gasteiger partial charge in [0.1, 0.15) is 0 Å². The zero-order valence-electron chi connectivity index (χ0n) is 15.5. The second kappa shape index (κ2) is 10.7. The molecule has 1 aliphatic heterocycles. The number of piperidine rings is 1. The van der Waals surface area contributed by atoms with Gasteiger partial charge in [-0.05, 0) is 39.2 Å². The summed E-state index contributed by atoms with van der Waals surface area (Å²) in [5.41, 5.74) is 0. The van der Waals surface area contributed by atoms with Gasteiger partial charge >= 0.3 is 0 Å². The summed E-state index contributed by atoms with van der Waals surface area (Å²) < 4.78 is 0. The second-order valence-electron chi connectivity index (χ2n) is 6.48. The number of nitrogens with one attached hydrogen (secondary N) is 2. The van der Waals surface area contributed by atoms with Crippen molar-refractivity contribution in [2.45, 2.75) is 58.4 Å². The molecule has 1 atom stereocenters. The molecule has 0 aromatic carbocycles. The van der Waals surface area contributed by atoms with Crippen LogP contribution in [0.1, 0.15) is 49.4 Å². The molecular weight excluding hydrogens is 318 g/mol. The van der Waals surface area contributed by atoms with E-state index < -0.39 is 0 Å². The highest BCUT2D eigenvalue weighted by Gasteiger charge is 2.17.